The number of pyridine rings is 1. The average molecular weight is 421 g/mol. The molecule has 2 N–H and O–H groups in total. The fraction of sp³-hybridized carbons (Fsp3) is 0.280. The molecular formula is C25H29FN4O. The monoisotopic (exact) mass is 420 g/mol. The average Bonchev–Trinajstić information content (AvgIpc) is 2.76. The van der Waals surface area contributed by atoms with Crippen molar-refractivity contribution in [3.05, 3.63) is 106 Å². The Bertz CT molecular complexity index is 1090. The van der Waals surface area contributed by atoms with E-state index < -0.39 is 0 Å². The van der Waals surface area contributed by atoms with Crippen LogP contribution in [-0.4, -0.2) is 24.1 Å². The van der Waals surface area contributed by atoms with E-state index in [1.165, 1.54) is 6.07 Å². The molecule has 0 radical (unpaired) electrons. The highest BCUT2D eigenvalue weighted by Gasteiger charge is 2.21. The lowest BCUT2D eigenvalue weighted by Gasteiger charge is -2.27. The Hall–Kier alpha value is -3.41. The summed E-state index contributed by atoms with van der Waals surface area (Å²) in [6, 6.07) is 20.0. The predicted molar refractivity (Wildman–Crippen MR) is 124 cm³/mol. The summed E-state index contributed by atoms with van der Waals surface area (Å²) in [5.74, 6) is 0.457. The third kappa shape index (κ3) is 6.28. The molecule has 0 unspecified atom stereocenters. The number of nitrogens with zero attached hydrogens (tertiary/aromatic N) is 2. The van der Waals surface area contributed by atoms with Gasteiger partial charge in [0.15, 0.2) is 5.96 Å². The van der Waals surface area contributed by atoms with Crippen molar-refractivity contribution < 1.29 is 4.39 Å². The standard InChI is InChI=1S/C25H29FN4O/c1-25(2,21-7-6-8-22(26)15-21)18-29-24(27-3)28-16-19-10-12-20(13-11-19)17-30-14-5-4-9-23(30)31/h4-15H,16-18H2,1-3H3,(H2,27,28,29). The Morgan fingerprint density at radius 1 is 1.00 bits per heavy atom. The molecule has 0 amide bonds. The SMILES string of the molecule is CN=C(NCc1ccc(Cn2ccccc2=O)cc1)NCC(C)(C)c1cccc(F)c1. The Balaban J connectivity index is 1.53. The molecule has 6 heteroatoms. The molecule has 3 rings (SSSR count). The highest BCUT2D eigenvalue weighted by atomic mass is 19.1. The topological polar surface area (TPSA) is 58.4 Å². The lowest BCUT2D eigenvalue weighted by molar-refractivity contribution is 0.503. The van der Waals surface area contributed by atoms with E-state index in [9.17, 15) is 9.18 Å². The van der Waals surface area contributed by atoms with Crippen LogP contribution < -0.4 is 16.2 Å². The second kappa shape index (κ2) is 10.1. The molecule has 0 bridgehead atoms. The molecule has 162 valence electrons. The van der Waals surface area contributed by atoms with Crippen LogP contribution in [0.4, 0.5) is 4.39 Å². The van der Waals surface area contributed by atoms with Crippen LogP contribution in [0, 0.1) is 5.82 Å². The van der Waals surface area contributed by atoms with Crippen LogP contribution in [0.5, 0.6) is 0 Å². The third-order valence-electron chi connectivity index (χ3n) is 5.26. The van der Waals surface area contributed by atoms with Gasteiger partial charge in [-0.25, -0.2) is 4.39 Å². The zero-order valence-corrected chi connectivity index (χ0v) is 18.2. The van der Waals surface area contributed by atoms with Gasteiger partial charge in [-0.1, -0.05) is 56.3 Å². The molecule has 0 atom stereocenters. The largest absolute Gasteiger partial charge is 0.356 e. The van der Waals surface area contributed by atoms with Gasteiger partial charge < -0.3 is 15.2 Å². The van der Waals surface area contributed by atoms with Crippen LogP contribution in [0.25, 0.3) is 0 Å². The van der Waals surface area contributed by atoms with Gasteiger partial charge in [-0.05, 0) is 34.9 Å². The zero-order valence-electron chi connectivity index (χ0n) is 18.2. The molecule has 31 heavy (non-hydrogen) atoms. The van der Waals surface area contributed by atoms with Crippen molar-refractivity contribution in [1.82, 2.24) is 15.2 Å². The molecule has 0 aliphatic rings. The first-order valence-electron chi connectivity index (χ1n) is 10.3. The Labute approximate surface area is 182 Å². The fourth-order valence-corrected chi connectivity index (χ4v) is 3.27. The highest BCUT2D eigenvalue weighted by molar-refractivity contribution is 5.79. The van der Waals surface area contributed by atoms with Crippen LogP contribution in [0.1, 0.15) is 30.5 Å². The van der Waals surface area contributed by atoms with Crippen molar-refractivity contribution in [2.45, 2.75) is 32.4 Å². The summed E-state index contributed by atoms with van der Waals surface area (Å²) in [6.07, 6.45) is 1.79. The van der Waals surface area contributed by atoms with Gasteiger partial charge in [0.2, 0.25) is 0 Å². The first-order valence-corrected chi connectivity index (χ1v) is 10.3. The van der Waals surface area contributed by atoms with Crippen molar-refractivity contribution in [2.75, 3.05) is 13.6 Å². The summed E-state index contributed by atoms with van der Waals surface area (Å²) in [7, 11) is 1.73. The van der Waals surface area contributed by atoms with E-state index >= 15 is 0 Å². The van der Waals surface area contributed by atoms with Gasteiger partial charge in [0, 0.05) is 37.8 Å². The maximum Gasteiger partial charge on any atom is 0.250 e. The molecule has 0 spiro atoms. The van der Waals surface area contributed by atoms with Gasteiger partial charge >= 0.3 is 0 Å². The van der Waals surface area contributed by atoms with Crippen molar-refractivity contribution >= 4 is 5.96 Å². The minimum atomic E-state index is -0.253. The number of hydrogen-bond acceptors (Lipinski definition) is 2. The lowest BCUT2D eigenvalue weighted by atomic mass is 9.84. The van der Waals surface area contributed by atoms with Gasteiger partial charge in [-0.3, -0.25) is 9.79 Å². The number of halogens is 1. The van der Waals surface area contributed by atoms with Gasteiger partial charge in [-0.2, -0.15) is 0 Å². The quantitative estimate of drug-likeness (QED) is 0.453. The summed E-state index contributed by atoms with van der Waals surface area (Å²) < 4.78 is 15.2. The van der Waals surface area contributed by atoms with Gasteiger partial charge in [0.25, 0.3) is 5.56 Å². The maximum atomic E-state index is 13.6. The van der Waals surface area contributed by atoms with E-state index in [0.717, 1.165) is 16.7 Å². The highest BCUT2D eigenvalue weighted by Crippen LogP contribution is 2.22. The summed E-state index contributed by atoms with van der Waals surface area (Å²) in [5, 5.41) is 6.64. The first kappa shape index (κ1) is 22.3. The Morgan fingerprint density at radius 2 is 1.74 bits per heavy atom. The molecule has 0 aliphatic carbocycles. The lowest BCUT2D eigenvalue weighted by Crippen LogP contribution is -2.43. The smallest absolute Gasteiger partial charge is 0.250 e. The molecule has 0 aliphatic heterocycles. The number of rotatable bonds is 7. The van der Waals surface area contributed by atoms with Crippen LogP contribution in [0.15, 0.2) is 82.7 Å². The fourth-order valence-electron chi connectivity index (χ4n) is 3.27. The molecule has 1 heterocycles. The molecule has 0 fully saturated rings. The number of hydrogen-bond donors (Lipinski definition) is 2. The van der Waals surface area contributed by atoms with E-state index in [4.69, 9.17) is 0 Å². The van der Waals surface area contributed by atoms with E-state index in [1.54, 1.807) is 42.1 Å². The number of aromatic nitrogens is 1. The summed E-state index contributed by atoms with van der Waals surface area (Å²) >= 11 is 0. The van der Waals surface area contributed by atoms with Crippen molar-refractivity contribution in [3.8, 4) is 0 Å². The van der Waals surface area contributed by atoms with Crippen molar-refractivity contribution in [2.24, 2.45) is 4.99 Å². The molecule has 1 aromatic heterocycles. The molecule has 2 aromatic carbocycles. The minimum Gasteiger partial charge on any atom is -0.356 e. The zero-order chi connectivity index (χ0) is 22.3. The minimum absolute atomic E-state index is 0.00992. The summed E-state index contributed by atoms with van der Waals surface area (Å²) in [6.45, 7) is 5.91. The van der Waals surface area contributed by atoms with Crippen molar-refractivity contribution in [3.63, 3.8) is 0 Å². The van der Waals surface area contributed by atoms with E-state index in [2.05, 4.69) is 29.5 Å². The van der Waals surface area contributed by atoms with E-state index in [0.29, 0.717) is 25.6 Å². The second-order valence-corrected chi connectivity index (χ2v) is 8.16. The van der Waals surface area contributed by atoms with Crippen LogP contribution in [-0.2, 0) is 18.5 Å². The summed E-state index contributed by atoms with van der Waals surface area (Å²) in [4.78, 5) is 16.1. The van der Waals surface area contributed by atoms with Crippen molar-refractivity contribution in [1.29, 1.82) is 0 Å². The normalized spacial score (nSPS) is 11.9. The molecule has 0 saturated heterocycles. The van der Waals surface area contributed by atoms with Crippen LogP contribution in [0.2, 0.25) is 0 Å². The van der Waals surface area contributed by atoms with Gasteiger partial charge in [-0.15, -0.1) is 0 Å². The number of benzene rings is 2. The number of guanidine groups is 1. The molecular weight excluding hydrogens is 391 g/mol. The molecule has 3 aromatic rings. The van der Waals surface area contributed by atoms with E-state index in [-0.39, 0.29) is 16.8 Å². The maximum absolute atomic E-state index is 13.6. The second-order valence-electron chi connectivity index (χ2n) is 8.16. The van der Waals surface area contributed by atoms with Gasteiger partial charge in [0.05, 0.1) is 6.54 Å². The summed E-state index contributed by atoms with van der Waals surface area (Å²) in [5.41, 5.74) is 2.84. The molecule has 5 nitrogen and oxygen atoms in total. The van der Waals surface area contributed by atoms with Crippen LogP contribution in [0.3, 0.4) is 0 Å². The number of nitrogens with one attached hydrogen (secondary N) is 2. The Kier molecular flexibility index (Phi) is 7.23. The predicted octanol–water partition coefficient (Wildman–Crippen LogP) is 3.68. The molecule has 0 saturated carbocycles. The first-order chi connectivity index (χ1) is 14.9. The van der Waals surface area contributed by atoms with Gasteiger partial charge in [0.1, 0.15) is 5.82 Å². The Morgan fingerprint density at radius 3 is 2.42 bits per heavy atom. The number of aliphatic imine (C=N–C) groups is 1. The third-order valence-corrected chi connectivity index (χ3v) is 5.26. The van der Waals surface area contributed by atoms with Crippen LogP contribution >= 0.6 is 0 Å². The van der Waals surface area contributed by atoms with E-state index in [1.807, 2.05) is 36.4 Å².